The van der Waals surface area contributed by atoms with E-state index in [0.717, 1.165) is 50.2 Å². The van der Waals surface area contributed by atoms with Crippen LogP contribution in [0.25, 0.3) is 0 Å². The van der Waals surface area contributed by atoms with E-state index in [4.69, 9.17) is 15.3 Å². The zero-order valence-electron chi connectivity index (χ0n) is 16.1. The molecule has 5 fully saturated rings. The molecule has 4 nitrogen and oxygen atoms in total. The highest BCUT2D eigenvalue weighted by Crippen LogP contribution is 2.72. The van der Waals surface area contributed by atoms with Crippen molar-refractivity contribution in [3.8, 4) is 0 Å². The smallest absolute Gasteiger partial charge is 0.169 e. The molecule has 0 aromatic carbocycles. The van der Waals surface area contributed by atoms with Crippen LogP contribution in [0.3, 0.4) is 0 Å². The third-order valence-electron chi connectivity index (χ3n) is 9.58. The topological polar surface area (TPSA) is 56.8 Å². The van der Waals surface area contributed by atoms with Gasteiger partial charge in [0.15, 0.2) is 5.79 Å². The number of nitrogens with zero attached hydrogens (tertiary/aromatic N) is 1. The lowest BCUT2D eigenvalue weighted by Gasteiger charge is -2.62. The van der Waals surface area contributed by atoms with E-state index in [1.54, 1.807) is 0 Å². The summed E-state index contributed by atoms with van der Waals surface area (Å²) in [5, 5.41) is 4.23. The predicted octanol–water partition coefficient (Wildman–Crippen LogP) is 4.09. The molecule has 0 radical (unpaired) electrons. The molecule has 1 saturated heterocycles. The second-order valence-electron chi connectivity index (χ2n) is 10.4. The highest BCUT2D eigenvalue weighted by atomic mass is 16.7. The maximum absolute atomic E-state index is 6.15. The minimum absolute atomic E-state index is 0.236. The largest absolute Gasteiger partial charge is 0.348 e. The Kier molecular flexibility index (Phi) is 3.32. The molecule has 6 atom stereocenters. The van der Waals surface area contributed by atoms with Crippen molar-refractivity contribution in [1.82, 2.24) is 0 Å². The van der Waals surface area contributed by atoms with Crippen molar-refractivity contribution in [1.29, 1.82) is 0 Å². The molecule has 140 valence electrons. The zero-order chi connectivity index (χ0) is 17.5. The van der Waals surface area contributed by atoms with Gasteiger partial charge in [0.1, 0.15) is 0 Å². The van der Waals surface area contributed by atoms with Crippen LogP contribution in [-0.2, 0) is 9.47 Å². The molecular formula is C21H34N2O2. The van der Waals surface area contributed by atoms with Crippen LogP contribution in [0.1, 0.15) is 72.1 Å². The molecule has 4 heteroatoms. The van der Waals surface area contributed by atoms with Crippen molar-refractivity contribution in [2.45, 2.75) is 77.9 Å². The Bertz CT molecular complexity index is 613. The lowest BCUT2D eigenvalue weighted by atomic mass is 9.42. The van der Waals surface area contributed by atoms with E-state index in [2.05, 4.69) is 25.9 Å². The van der Waals surface area contributed by atoms with Gasteiger partial charge in [0.25, 0.3) is 0 Å². The molecule has 0 bridgehead atoms. The Balaban J connectivity index is 1.51. The summed E-state index contributed by atoms with van der Waals surface area (Å²) in [4.78, 5) is 0. The summed E-state index contributed by atoms with van der Waals surface area (Å²) >= 11 is 0. The van der Waals surface area contributed by atoms with Crippen molar-refractivity contribution in [2.75, 3.05) is 13.2 Å². The molecule has 25 heavy (non-hydrogen) atoms. The quantitative estimate of drug-likeness (QED) is 0.531. The van der Waals surface area contributed by atoms with Crippen LogP contribution < -0.4 is 5.84 Å². The average molecular weight is 347 g/mol. The van der Waals surface area contributed by atoms with Gasteiger partial charge in [0.05, 0.1) is 13.2 Å². The lowest BCUT2D eigenvalue weighted by Crippen LogP contribution is -2.56. The van der Waals surface area contributed by atoms with Crippen LogP contribution in [0, 0.1) is 34.0 Å². The van der Waals surface area contributed by atoms with Crippen molar-refractivity contribution in [3.63, 3.8) is 0 Å². The van der Waals surface area contributed by atoms with Gasteiger partial charge in [-0.15, -0.1) is 0 Å². The van der Waals surface area contributed by atoms with Crippen molar-refractivity contribution in [3.05, 3.63) is 0 Å². The maximum Gasteiger partial charge on any atom is 0.169 e. The third kappa shape index (κ3) is 1.93. The van der Waals surface area contributed by atoms with E-state index in [1.807, 2.05) is 0 Å². The summed E-state index contributed by atoms with van der Waals surface area (Å²) in [6, 6.07) is 0. The Labute approximate surface area is 151 Å². The molecule has 0 amide bonds. The summed E-state index contributed by atoms with van der Waals surface area (Å²) in [6.45, 7) is 9.17. The van der Waals surface area contributed by atoms with E-state index >= 15 is 0 Å². The highest BCUT2D eigenvalue weighted by molar-refractivity contribution is 5.92. The van der Waals surface area contributed by atoms with Crippen LogP contribution in [0.2, 0.25) is 0 Å². The molecule has 4 aliphatic carbocycles. The van der Waals surface area contributed by atoms with Gasteiger partial charge in [-0.05, 0) is 67.1 Å². The third-order valence-corrected chi connectivity index (χ3v) is 9.58. The van der Waals surface area contributed by atoms with Gasteiger partial charge in [-0.2, -0.15) is 5.10 Å². The molecule has 2 N–H and O–H groups in total. The minimum atomic E-state index is -0.259. The number of nitrogens with two attached hydrogens (primary N) is 1. The van der Waals surface area contributed by atoms with Crippen LogP contribution >= 0.6 is 0 Å². The fourth-order valence-corrected chi connectivity index (χ4v) is 8.57. The van der Waals surface area contributed by atoms with Crippen molar-refractivity contribution < 1.29 is 9.47 Å². The monoisotopic (exact) mass is 346 g/mol. The van der Waals surface area contributed by atoms with Gasteiger partial charge in [0, 0.05) is 24.0 Å². The Morgan fingerprint density at radius 2 is 1.72 bits per heavy atom. The molecule has 5 aliphatic rings. The van der Waals surface area contributed by atoms with Gasteiger partial charge in [-0.25, -0.2) is 0 Å². The molecule has 0 aromatic rings. The first-order valence-electron chi connectivity index (χ1n) is 10.4. The number of hydrogen-bond acceptors (Lipinski definition) is 4. The molecule has 0 aromatic heterocycles. The number of hydrogen-bond donors (Lipinski definition) is 1. The Morgan fingerprint density at radius 3 is 2.44 bits per heavy atom. The molecule has 1 heterocycles. The van der Waals surface area contributed by atoms with Gasteiger partial charge < -0.3 is 15.3 Å². The fourth-order valence-electron chi connectivity index (χ4n) is 8.57. The minimum Gasteiger partial charge on any atom is -0.348 e. The molecular weight excluding hydrogens is 312 g/mol. The molecule has 4 saturated carbocycles. The normalized spacial score (nSPS) is 55.3. The molecule has 1 aliphatic heterocycles. The van der Waals surface area contributed by atoms with E-state index in [-0.39, 0.29) is 11.2 Å². The van der Waals surface area contributed by atoms with E-state index in [0.29, 0.717) is 10.8 Å². The first-order valence-corrected chi connectivity index (χ1v) is 10.4. The summed E-state index contributed by atoms with van der Waals surface area (Å²) < 4.78 is 12.3. The first-order chi connectivity index (χ1) is 11.9. The van der Waals surface area contributed by atoms with Crippen molar-refractivity contribution >= 4 is 5.71 Å². The zero-order valence-corrected chi connectivity index (χ0v) is 16.1. The highest BCUT2D eigenvalue weighted by Gasteiger charge is 2.68. The number of ether oxygens (including phenoxy) is 2. The Hall–Kier alpha value is -0.610. The van der Waals surface area contributed by atoms with Gasteiger partial charge >= 0.3 is 0 Å². The molecule has 1 spiro atoms. The number of rotatable bonds is 0. The van der Waals surface area contributed by atoms with E-state index in [1.165, 1.54) is 37.8 Å². The predicted molar refractivity (Wildman–Crippen MR) is 98.0 cm³/mol. The maximum atomic E-state index is 6.15. The summed E-state index contributed by atoms with van der Waals surface area (Å²) in [5.74, 6) is 7.80. The SMILES string of the molecule is C[C@@]12CCC3CC4(C[C@]3(C)[C@H]1CC[C@]1(C)C(=NN)CC[C@@H]21)OCCO4. The average Bonchev–Trinajstić information content (AvgIpc) is 3.23. The summed E-state index contributed by atoms with van der Waals surface area (Å²) in [7, 11) is 0. The van der Waals surface area contributed by atoms with Gasteiger partial charge in [0.2, 0.25) is 0 Å². The fraction of sp³-hybridized carbons (Fsp3) is 0.952. The van der Waals surface area contributed by atoms with E-state index < -0.39 is 0 Å². The van der Waals surface area contributed by atoms with Crippen LogP contribution in [0.4, 0.5) is 0 Å². The number of hydrazone groups is 1. The van der Waals surface area contributed by atoms with E-state index in [9.17, 15) is 0 Å². The van der Waals surface area contributed by atoms with Crippen LogP contribution in [0.5, 0.6) is 0 Å². The standard InChI is InChI=1S/C21H34N2O2/c1-18-8-6-14-12-21(24-10-11-25-21)13-20(14,3)16(18)7-9-19(2)15(18)4-5-17(19)23-22/h14-16H,4-13,22H2,1-3H3/t14?,15-,16-,18-,19-,20-/m0/s1. The second-order valence-corrected chi connectivity index (χ2v) is 10.4. The molecule has 1 unspecified atom stereocenters. The number of fused-ring (bicyclic) bond motifs is 5. The summed E-state index contributed by atoms with van der Waals surface area (Å²) in [5.41, 5.74) is 2.30. The summed E-state index contributed by atoms with van der Waals surface area (Å²) in [6.07, 6.45) is 9.86. The Morgan fingerprint density at radius 1 is 0.960 bits per heavy atom. The van der Waals surface area contributed by atoms with Gasteiger partial charge in [-0.3, -0.25) is 0 Å². The van der Waals surface area contributed by atoms with Crippen LogP contribution in [0.15, 0.2) is 5.10 Å². The second kappa shape index (κ2) is 5.01. The van der Waals surface area contributed by atoms with Gasteiger partial charge in [-0.1, -0.05) is 20.8 Å². The van der Waals surface area contributed by atoms with Crippen LogP contribution in [-0.4, -0.2) is 24.7 Å². The van der Waals surface area contributed by atoms with Crippen molar-refractivity contribution in [2.24, 2.45) is 44.9 Å². The first kappa shape index (κ1) is 16.6. The lowest BCUT2D eigenvalue weighted by molar-refractivity contribution is -0.167. The molecule has 5 rings (SSSR count).